The number of hydrogen-bond acceptors (Lipinski definition) is 2. The number of hydrogen-bond donors (Lipinski definition) is 2. The lowest BCUT2D eigenvalue weighted by atomic mass is 9.96. The summed E-state index contributed by atoms with van der Waals surface area (Å²) < 4.78 is 0. The Morgan fingerprint density at radius 1 is 1.11 bits per heavy atom. The smallest absolute Gasteiger partial charge is 0.0462 e. The molecule has 1 rings (SSSR count). The van der Waals surface area contributed by atoms with Crippen LogP contribution in [-0.4, -0.2) is 24.3 Å². The minimum absolute atomic E-state index is 0.387. The zero-order valence-electron chi connectivity index (χ0n) is 12.5. The summed E-state index contributed by atoms with van der Waals surface area (Å²) in [4.78, 5) is 0. The number of aliphatic hydroxyl groups is 1. The van der Waals surface area contributed by atoms with E-state index in [2.05, 4.69) is 19.2 Å². The standard InChI is InChI=1S/C16H33NO/c1-3-4-5-6-7-9-14(2)17-12-15-10-8-11-16(15)13-18/h14-18H,3-13H2,1-2H3. The van der Waals surface area contributed by atoms with Crippen LogP contribution >= 0.6 is 0 Å². The first-order chi connectivity index (χ1) is 8.77. The highest BCUT2D eigenvalue weighted by Gasteiger charge is 2.26. The summed E-state index contributed by atoms with van der Waals surface area (Å²) >= 11 is 0. The van der Waals surface area contributed by atoms with Gasteiger partial charge in [0.1, 0.15) is 0 Å². The molecule has 3 atom stereocenters. The predicted molar refractivity (Wildman–Crippen MR) is 78.8 cm³/mol. The van der Waals surface area contributed by atoms with Crippen LogP contribution in [0.4, 0.5) is 0 Å². The van der Waals surface area contributed by atoms with Crippen molar-refractivity contribution in [2.75, 3.05) is 13.2 Å². The van der Waals surface area contributed by atoms with Crippen LogP contribution in [0.15, 0.2) is 0 Å². The predicted octanol–water partition coefficient (Wildman–Crippen LogP) is 3.73. The molecule has 2 nitrogen and oxygen atoms in total. The Labute approximate surface area is 114 Å². The minimum Gasteiger partial charge on any atom is -0.396 e. The van der Waals surface area contributed by atoms with E-state index in [4.69, 9.17) is 0 Å². The van der Waals surface area contributed by atoms with Crippen molar-refractivity contribution in [3.05, 3.63) is 0 Å². The Morgan fingerprint density at radius 2 is 1.83 bits per heavy atom. The van der Waals surface area contributed by atoms with E-state index in [9.17, 15) is 5.11 Å². The van der Waals surface area contributed by atoms with Crippen LogP contribution < -0.4 is 5.32 Å². The van der Waals surface area contributed by atoms with Crippen molar-refractivity contribution < 1.29 is 5.11 Å². The molecule has 2 N–H and O–H groups in total. The van der Waals surface area contributed by atoms with Crippen molar-refractivity contribution in [1.82, 2.24) is 5.32 Å². The third-order valence-electron chi connectivity index (χ3n) is 4.52. The second-order valence-corrected chi connectivity index (χ2v) is 6.15. The van der Waals surface area contributed by atoms with Crippen LogP contribution in [-0.2, 0) is 0 Å². The Hall–Kier alpha value is -0.0800. The first-order valence-corrected chi connectivity index (χ1v) is 8.12. The van der Waals surface area contributed by atoms with Crippen LogP contribution in [0.1, 0.15) is 71.6 Å². The van der Waals surface area contributed by atoms with Gasteiger partial charge in [0.05, 0.1) is 0 Å². The molecule has 0 aromatic heterocycles. The van der Waals surface area contributed by atoms with E-state index < -0.39 is 0 Å². The number of aliphatic hydroxyl groups excluding tert-OH is 1. The maximum absolute atomic E-state index is 9.30. The maximum atomic E-state index is 9.30. The average molecular weight is 255 g/mol. The summed E-state index contributed by atoms with van der Waals surface area (Å²) in [6, 6.07) is 0.645. The van der Waals surface area contributed by atoms with Crippen LogP contribution in [0.3, 0.4) is 0 Å². The van der Waals surface area contributed by atoms with Crippen molar-refractivity contribution in [3.8, 4) is 0 Å². The summed E-state index contributed by atoms with van der Waals surface area (Å²) in [6.07, 6.45) is 12.0. The fourth-order valence-electron chi connectivity index (χ4n) is 3.13. The Morgan fingerprint density at radius 3 is 2.56 bits per heavy atom. The molecule has 18 heavy (non-hydrogen) atoms. The minimum atomic E-state index is 0.387. The van der Waals surface area contributed by atoms with Gasteiger partial charge in [-0.25, -0.2) is 0 Å². The first kappa shape index (κ1) is 16.0. The summed E-state index contributed by atoms with van der Waals surface area (Å²) in [5.74, 6) is 1.28. The molecular weight excluding hydrogens is 222 g/mol. The highest BCUT2D eigenvalue weighted by molar-refractivity contribution is 4.79. The molecule has 2 heteroatoms. The van der Waals surface area contributed by atoms with Gasteiger partial charge in [0.25, 0.3) is 0 Å². The van der Waals surface area contributed by atoms with Gasteiger partial charge in [-0.1, -0.05) is 45.4 Å². The molecule has 1 saturated carbocycles. The molecule has 0 aromatic carbocycles. The van der Waals surface area contributed by atoms with E-state index in [0.29, 0.717) is 18.6 Å². The molecule has 0 aromatic rings. The van der Waals surface area contributed by atoms with Gasteiger partial charge in [-0.05, 0) is 44.6 Å². The summed E-state index contributed by atoms with van der Waals surface area (Å²) in [5.41, 5.74) is 0. The molecule has 1 fully saturated rings. The van der Waals surface area contributed by atoms with Crippen molar-refractivity contribution in [1.29, 1.82) is 0 Å². The Balaban J connectivity index is 2.00. The third kappa shape index (κ3) is 6.19. The topological polar surface area (TPSA) is 32.3 Å². The molecule has 0 aliphatic heterocycles. The van der Waals surface area contributed by atoms with Crippen LogP contribution in [0.25, 0.3) is 0 Å². The lowest BCUT2D eigenvalue weighted by Gasteiger charge is -2.21. The van der Waals surface area contributed by atoms with Gasteiger partial charge in [-0.2, -0.15) is 0 Å². The van der Waals surface area contributed by atoms with E-state index in [1.54, 1.807) is 0 Å². The summed E-state index contributed by atoms with van der Waals surface area (Å²) in [6.45, 7) is 6.07. The van der Waals surface area contributed by atoms with E-state index in [0.717, 1.165) is 12.5 Å². The number of unbranched alkanes of at least 4 members (excludes halogenated alkanes) is 4. The van der Waals surface area contributed by atoms with Crippen molar-refractivity contribution in [2.24, 2.45) is 11.8 Å². The molecule has 3 unspecified atom stereocenters. The van der Waals surface area contributed by atoms with Gasteiger partial charge in [0.2, 0.25) is 0 Å². The molecule has 0 heterocycles. The van der Waals surface area contributed by atoms with Crippen molar-refractivity contribution in [2.45, 2.75) is 77.7 Å². The third-order valence-corrected chi connectivity index (χ3v) is 4.52. The quantitative estimate of drug-likeness (QED) is 0.583. The number of rotatable bonds is 10. The SMILES string of the molecule is CCCCCCCC(C)NCC1CCCC1CO. The fraction of sp³-hybridized carbons (Fsp3) is 1.00. The average Bonchev–Trinajstić information content (AvgIpc) is 2.83. The van der Waals surface area contributed by atoms with Gasteiger partial charge in [0, 0.05) is 12.6 Å². The monoisotopic (exact) mass is 255 g/mol. The highest BCUT2D eigenvalue weighted by Crippen LogP contribution is 2.30. The molecule has 1 aliphatic rings. The van der Waals surface area contributed by atoms with Gasteiger partial charge >= 0.3 is 0 Å². The fourth-order valence-corrected chi connectivity index (χ4v) is 3.13. The molecule has 0 saturated heterocycles. The molecule has 0 bridgehead atoms. The highest BCUT2D eigenvalue weighted by atomic mass is 16.3. The molecule has 0 spiro atoms. The van der Waals surface area contributed by atoms with Crippen LogP contribution in [0, 0.1) is 11.8 Å². The normalized spacial score (nSPS) is 25.5. The molecule has 0 radical (unpaired) electrons. The summed E-state index contributed by atoms with van der Waals surface area (Å²) in [5, 5.41) is 13.0. The molecule has 1 aliphatic carbocycles. The second kappa shape index (κ2) is 9.80. The maximum Gasteiger partial charge on any atom is 0.0462 e. The van der Waals surface area contributed by atoms with Gasteiger partial charge in [0.15, 0.2) is 0 Å². The molecule has 108 valence electrons. The lowest BCUT2D eigenvalue weighted by Crippen LogP contribution is -2.33. The molecular formula is C16H33NO. The first-order valence-electron chi connectivity index (χ1n) is 8.12. The van der Waals surface area contributed by atoms with Gasteiger partial charge in [-0.3, -0.25) is 0 Å². The van der Waals surface area contributed by atoms with E-state index in [-0.39, 0.29) is 0 Å². The zero-order valence-corrected chi connectivity index (χ0v) is 12.5. The van der Waals surface area contributed by atoms with E-state index in [1.165, 1.54) is 57.8 Å². The van der Waals surface area contributed by atoms with E-state index in [1.807, 2.05) is 0 Å². The lowest BCUT2D eigenvalue weighted by molar-refractivity contribution is 0.190. The Bertz CT molecular complexity index is 196. The van der Waals surface area contributed by atoms with Gasteiger partial charge in [-0.15, -0.1) is 0 Å². The molecule has 0 amide bonds. The van der Waals surface area contributed by atoms with Crippen molar-refractivity contribution in [3.63, 3.8) is 0 Å². The number of nitrogens with one attached hydrogen (secondary N) is 1. The van der Waals surface area contributed by atoms with Gasteiger partial charge < -0.3 is 10.4 Å². The second-order valence-electron chi connectivity index (χ2n) is 6.15. The largest absolute Gasteiger partial charge is 0.396 e. The van der Waals surface area contributed by atoms with E-state index >= 15 is 0 Å². The Kier molecular flexibility index (Phi) is 8.70. The summed E-state index contributed by atoms with van der Waals surface area (Å²) in [7, 11) is 0. The van der Waals surface area contributed by atoms with Crippen LogP contribution in [0.2, 0.25) is 0 Å². The van der Waals surface area contributed by atoms with Crippen molar-refractivity contribution >= 4 is 0 Å². The van der Waals surface area contributed by atoms with Crippen LogP contribution in [0.5, 0.6) is 0 Å². The zero-order chi connectivity index (χ0) is 13.2.